The number of allylic oxidation sites excluding steroid dienone is 3. The van der Waals surface area contributed by atoms with E-state index in [2.05, 4.69) is 9.80 Å². The molecule has 2 unspecified atom stereocenters. The molecule has 29 heavy (non-hydrogen) atoms. The van der Waals surface area contributed by atoms with Crippen LogP contribution in [0.1, 0.15) is 18.4 Å². The monoisotopic (exact) mass is 414 g/mol. The standard InChI is InChI=1S/C22H26N2O4S/c25-21-19(28-14-12-24-9-2-10-24)6-5-18-17-4-3-16(15-20(17)29(26)22(18)21)27-13-11-23-7-1-8-23/h3-6,15,22H,1-2,7-14H2. The van der Waals surface area contributed by atoms with E-state index in [0.29, 0.717) is 29.6 Å². The SMILES string of the molecule is O=C1C(OCCN2CCC2)=CC=C2c3ccc(OCCN4CCC4)cc3[S+]([O-])C12. The van der Waals surface area contributed by atoms with Gasteiger partial charge in [0, 0.05) is 41.5 Å². The molecule has 7 heteroatoms. The molecular weight excluding hydrogens is 388 g/mol. The van der Waals surface area contributed by atoms with Crippen molar-refractivity contribution < 1.29 is 18.8 Å². The molecule has 4 aliphatic rings. The molecule has 2 fully saturated rings. The Hall–Kier alpha value is -1.80. The zero-order chi connectivity index (χ0) is 19.8. The van der Waals surface area contributed by atoms with Crippen molar-refractivity contribution in [1.82, 2.24) is 9.80 Å². The predicted molar refractivity (Wildman–Crippen MR) is 111 cm³/mol. The first-order valence-electron chi connectivity index (χ1n) is 10.4. The van der Waals surface area contributed by atoms with Crippen LogP contribution in [-0.4, -0.2) is 77.9 Å². The highest BCUT2D eigenvalue weighted by Gasteiger charge is 2.48. The number of hydrogen-bond donors (Lipinski definition) is 0. The summed E-state index contributed by atoms with van der Waals surface area (Å²) in [7, 11) is 0. The number of nitrogens with zero attached hydrogens (tertiary/aromatic N) is 2. The largest absolute Gasteiger partial charge is 0.611 e. The number of carbonyl (C=O) groups is 1. The van der Waals surface area contributed by atoms with Gasteiger partial charge in [-0.1, -0.05) is 0 Å². The van der Waals surface area contributed by atoms with Crippen molar-refractivity contribution in [2.24, 2.45) is 0 Å². The lowest BCUT2D eigenvalue weighted by atomic mass is 9.95. The Morgan fingerprint density at radius 2 is 1.69 bits per heavy atom. The van der Waals surface area contributed by atoms with Crippen LogP contribution in [0.3, 0.4) is 0 Å². The summed E-state index contributed by atoms with van der Waals surface area (Å²) in [6.07, 6.45) is 6.12. The number of carbonyl (C=O) groups excluding carboxylic acids is 1. The fraction of sp³-hybridized carbons (Fsp3) is 0.500. The third-order valence-corrected chi connectivity index (χ3v) is 7.78. The van der Waals surface area contributed by atoms with Crippen LogP contribution in [0.2, 0.25) is 0 Å². The van der Waals surface area contributed by atoms with Crippen molar-refractivity contribution >= 4 is 22.5 Å². The maximum atomic E-state index is 13.1. The molecule has 0 amide bonds. The molecule has 3 heterocycles. The highest BCUT2D eigenvalue weighted by Crippen LogP contribution is 2.44. The predicted octanol–water partition coefficient (Wildman–Crippen LogP) is 1.83. The molecule has 1 aromatic carbocycles. The van der Waals surface area contributed by atoms with Gasteiger partial charge >= 0.3 is 0 Å². The molecule has 5 rings (SSSR count). The Labute approximate surface area is 174 Å². The number of rotatable bonds is 8. The highest BCUT2D eigenvalue weighted by molar-refractivity contribution is 7.94. The molecule has 0 N–H and O–H groups in total. The van der Waals surface area contributed by atoms with Crippen LogP contribution in [0.25, 0.3) is 5.57 Å². The van der Waals surface area contributed by atoms with Gasteiger partial charge in [-0.3, -0.25) is 14.6 Å². The topological polar surface area (TPSA) is 65.1 Å². The lowest BCUT2D eigenvalue weighted by Crippen LogP contribution is -2.39. The van der Waals surface area contributed by atoms with Crippen LogP contribution < -0.4 is 4.74 Å². The number of ether oxygens (including phenoxy) is 2. The molecule has 0 spiro atoms. The van der Waals surface area contributed by atoms with E-state index in [4.69, 9.17) is 9.47 Å². The van der Waals surface area contributed by atoms with Crippen LogP contribution in [0.4, 0.5) is 0 Å². The van der Waals surface area contributed by atoms with Gasteiger partial charge in [0.1, 0.15) is 19.0 Å². The van der Waals surface area contributed by atoms with Crippen molar-refractivity contribution in [2.45, 2.75) is 23.0 Å². The first-order chi connectivity index (χ1) is 14.2. The second-order valence-corrected chi connectivity index (χ2v) is 9.45. The van der Waals surface area contributed by atoms with Gasteiger partial charge in [0.15, 0.2) is 10.7 Å². The molecule has 1 aliphatic carbocycles. The minimum Gasteiger partial charge on any atom is -0.611 e. The van der Waals surface area contributed by atoms with Gasteiger partial charge in [-0.15, -0.1) is 0 Å². The van der Waals surface area contributed by atoms with E-state index in [1.807, 2.05) is 24.3 Å². The normalized spacial score (nSPS) is 26.0. The second-order valence-electron chi connectivity index (χ2n) is 7.94. The molecule has 0 bridgehead atoms. The van der Waals surface area contributed by atoms with Gasteiger partial charge in [0.25, 0.3) is 5.78 Å². The zero-order valence-corrected chi connectivity index (χ0v) is 17.3. The van der Waals surface area contributed by atoms with E-state index in [0.717, 1.165) is 50.4 Å². The highest BCUT2D eigenvalue weighted by atomic mass is 32.2. The summed E-state index contributed by atoms with van der Waals surface area (Å²) in [4.78, 5) is 18.3. The summed E-state index contributed by atoms with van der Waals surface area (Å²) in [6, 6.07) is 5.66. The fourth-order valence-electron chi connectivity index (χ4n) is 4.08. The molecule has 0 saturated carbocycles. The van der Waals surface area contributed by atoms with E-state index in [9.17, 15) is 9.35 Å². The van der Waals surface area contributed by atoms with Crippen LogP contribution >= 0.6 is 0 Å². The molecule has 2 atom stereocenters. The Morgan fingerprint density at radius 3 is 2.34 bits per heavy atom. The number of Topliss-reactive ketones (excluding diaryl/α,β-unsaturated/α-hetero) is 1. The Balaban J connectivity index is 1.25. The lowest BCUT2D eigenvalue weighted by molar-refractivity contribution is -0.117. The molecule has 1 aromatic rings. The van der Waals surface area contributed by atoms with E-state index >= 15 is 0 Å². The minimum atomic E-state index is -1.42. The summed E-state index contributed by atoms with van der Waals surface area (Å²) < 4.78 is 24.7. The van der Waals surface area contributed by atoms with Gasteiger partial charge in [0.2, 0.25) is 5.25 Å². The van der Waals surface area contributed by atoms with E-state index < -0.39 is 16.4 Å². The van der Waals surface area contributed by atoms with Gasteiger partial charge in [-0.25, -0.2) is 0 Å². The number of hydrogen-bond acceptors (Lipinski definition) is 6. The Kier molecular flexibility index (Phi) is 5.39. The molecule has 0 aromatic heterocycles. The molecular formula is C22H26N2O4S. The average Bonchev–Trinajstić information content (AvgIpc) is 2.93. The summed E-state index contributed by atoms with van der Waals surface area (Å²) in [5, 5.41) is -0.662. The summed E-state index contributed by atoms with van der Waals surface area (Å²) in [5.74, 6) is 0.857. The number of likely N-dealkylation sites (tertiary alicyclic amines) is 2. The zero-order valence-electron chi connectivity index (χ0n) is 16.5. The molecule has 154 valence electrons. The van der Waals surface area contributed by atoms with Crippen molar-refractivity contribution in [2.75, 3.05) is 52.5 Å². The first-order valence-corrected chi connectivity index (χ1v) is 11.6. The maximum Gasteiger partial charge on any atom is 0.254 e. The smallest absolute Gasteiger partial charge is 0.254 e. The van der Waals surface area contributed by atoms with Gasteiger partial charge in [-0.05, 0) is 63.3 Å². The van der Waals surface area contributed by atoms with Crippen LogP contribution in [-0.2, 0) is 20.7 Å². The molecule has 3 aliphatic heterocycles. The summed E-state index contributed by atoms with van der Waals surface area (Å²) >= 11 is -1.42. The molecule has 6 nitrogen and oxygen atoms in total. The van der Waals surface area contributed by atoms with E-state index in [1.54, 1.807) is 6.08 Å². The number of fused-ring (bicyclic) bond motifs is 3. The fourth-order valence-corrected chi connectivity index (χ4v) is 5.72. The maximum absolute atomic E-state index is 13.1. The summed E-state index contributed by atoms with van der Waals surface area (Å²) in [6.45, 7) is 7.34. The van der Waals surface area contributed by atoms with Crippen LogP contribution in [0, 0.1) is 0 Å². The summed E-state index contributed by atoms with van der Waals surface area (Å²) in [5.41, 5.74) is 1.71. The molecule has 0 radical (unpaired) electrons. The third kappa shape index (κ3) is 3.72. The van der Waals surface area contributed by atoms with Crippen molar-refractivity contribution in [1.29, 1.82) is 0 Å². The molecule has 2 saturated heterocycles. The number of benzene rings is 1. The van der Waals surface area contributed by atoms with Crippen molar-refractivity contribution in [3.8, 4) is 5.75 Å². The first kappa shape index (κ1) is 19.2. The van der Waals surface area contributed by atoms with Gasteiger partial charge in [0.05, 0.1) is 0 Å². The minimum absolute atomic E-state index is 0.180. The Bertz CT molecular complexity index is 860. The van der Waals surface area contributed by atoms with Gasteiger partial charge in [-0.2, -0.15) is 0 Å². The van der Waals surface area contributed by atoms with Crippen molar-refractivity contribution in [3.63, 3.8) is 0 Å². The van der Waals surface area contributed by atoms with Crippen LogP contribution in [0.5, 0.6) is 5.75 Å². The third-order valence-electron chi connectivity index (χ3n) is 6.11. The van der Waals surface area contributed by atoms with Crippen LogP contribution in [0.15, 0.2) is 41.0 Å². The van der Waals surface area contributed by atoms with Crippen molar-refractivity contribution in [3.05, 3.63) is 41.7 Å². The average molecular weight is 415 g/mol. The second kappa shape index (κ2) is 8.14. The van der Waals surface area contributed by atoms with E-state index in [1.165, 1.54) is 12.8 Å². The lowest BCUT2D eigenvalue weighted by Gasteiger charge is -2.30. The quantitative estimate of drug-likeness (QED) is 0.605. The number of ketones is 1. The Morgan fingerprint density at radius 1 is 1.00 bits per heavy atom. The van der Waals surface area contributed by atoms with E-state index in [-0.39, 0.29) is 5.78 Å². The van der Waals surface area contributed by atoms with Gasteiger partial charge < -0.3 is 14.0 Å².